The maximum Gasteiger partial charge on any atom is 0.182 e. The summed E-state index contributed by atoms with van der Waals surface area (Å²) >= 11 is 0. The van der Waals surface area contributed by atoms with E-state index in [9.17, 15) is 9.90 Å². The van der Waals surface area contributed by atoms with Gasteiger partial charge in [-0.15, -0.1) is 0 Å². The number of aromatic hydroxyl groups is 1. The number of Topliss-reactive ketones (excluding diaryl/α,β-unsaturated/α-hetero) is 1. The summed E-state index contributed by atoms with van der Waals surface area (Å²) < 4.78 is 0. The molecule has 1 aliphatic heterocycles. The van der Waals surface area contributed by atoms with Crippen LogP contribution in [0.25, 0.3) is 0 Å². The minimum atomic E-state index is -0.295. The van der Waals surface area contributed by atoms with E-state index in [2.05, 4.69) is 11.9 Å². The Kier molecular flexibility index (Phi) is 6.01. The fourth-order valence-corrected chi connectivity index (χ4v) is 4.03. The molecule has 0 unspecified atom stereocenters. The predicted molar refractivity (Wildman–Crippen MR) is 125 cm³/mol. The third kappa shape index (κ3) is 4.65. The van der Waals surface area contributed by atoms with Crippen LogP contribution >= 0.6 is 0 Å². The number of benzene rings is 1. The number of pyridine rings is 1. The average molecular weight is 422 g/mol. The SMILES string of the molecule is CCCc1ccc2c(n1)C(=N)N(CC(=O)c1cc(C(C)(C)C)c(O)c(C(C)(C)C)c1)C2. The number of carbonyl (C=O) groups is 1. The molecule has 0 atom stereocenters. The summed E-state index contributed by atoms with van der Waals surface area (Å²) in [4.78, 5) is 19.7. The average Bonchev–Trinajstić information content (AvgIpc) is 2.95. The highest BCUT2D eigenvalue weighted by atomic mass is 16.3. The van der Waals surface area contributed by atoms with Gasteiger partial charge in [0.1, 0.15) is 17.3 Å². The van der Waals surface area contributed by atoms with Crippen molar-refractivity contribution in [2.75, 3.05) is 6.54 Å². The minimum absolute atomic E-state index is 0.0534. The number of fused-ring (bicyclic) bond motifs is 1. The lowest BCUT2D eigenvalue weighted by molar-refractivity contribution is 0.0962. The minimum Gasteiger partial charge on any atom is -0.507 e. The molecule has 0 amide bonds. The van der Waals surface area contributed by atoms with E-state index in [1.54, 1.807) is 4.90 Å². The molecule has 2 heterocycles. The smallest absolute Gasteiger partial charge is 0.182 e. The van der Waals surface area contributed by atoms with Gasteiger partial charge in [0.25, 0.3) is 0 Å². The van der Waals surface area contributed by atoms with E-state index in [0.717, 1.165) is 35.2 Å². The number of phenolic OH excluding ortho intramolecular Hbond substituents is 1. The van der Waals surface area contributed by atoms with Crippen LogP contribution < -0.4 is 0 Å². The largest absolute Gasteiger partial charge is 0.507 e. The van der Waals surface area contributed by atoms with Crippen LogP contribution in [0, 0.1) is 5.41 Å². The first-order chi connectivity index (χ1) is 14.3. The molecule has 2 N–H and O–H groups in total. The van der Waals surface area contributed by atoms with Crippen molar-refractivity contribution in [3.63, 3.8) is 0 Å². The molecule has 0 radical (unpaired) electrons. The summed E-state index contributed by atoms with van der Waals surface area (Å²) in [5, 5.41) is 19.5. The lowest BCUT2D eigenvalue weighted by Crippen LogP contribution is -2.31. The Morgan fingerprint density at radius 3 is 2.19 bits per heavy atom. The van der Waals surface area contributed by atoms with Crippen LogP contribution in [0.3, 0.4) is 0 Å². The molecule has 166 valence electrons. The number of hydrogen-bond donors (Lipinski definition) is 2. The normalized spacial score (nSPS) is 14.2. The second kappa shape index (κ2) is 8.10. The number of ketones is 1. The van der Waals surface area contributed by atoms with Crippen LogP contribution in [0.1, 0.15) is 93.3 Å². The van der Waals surface area contributed by atoms with Crippen LogP contribution in [0.2, 0.25) is 0 Å². The maximum atomic E-state index is 13.3. The molecule has 2 aromatic rings. The van der Waals surface area contributed by atoms with Gasteiger partial charge in [-0.1, -0.05) is 61.0 Å². The molecule has 0 fully saturated rings. The second-order valence-corrected chi connectivity index (χ2v) is 10.6. The summed E-state index contributed by atoms with van der Waals surface area (Å²) in [6, 6.07) is 7.68. The van der Waals surface area contributed by atoms with Crippen molar-refractivity contribution < 1.29 is 9.90 Å². The molecule has 1 aromatic carbocycles. The van der Waals surface area contributed by atoms with Gasteiger partial charge < -0.3 is 10.0 Å². The van der Waals surface area contributed by atoms with Crippen molar-refractivity contribution in [3.05, 3.63) is 57.9 Å². The molecule has 5 nitrogen and oxygen atoms in total. The molecule has 1 aromatic heterocycles. The number of nitrogens with one attached hydrogen (secondary N) is 1. The molecule has 31 heavy (non-hydrogen) atoms. The summed E-state index contributed by atoms with van der Waals surface area (Å²) in [7, 11) is 0. The number of aromatic nitrogens is 1. The van der Waals surface area contributed by atoms with Crippen molar-refractivity contribution in [2.45, 2.75) is 78.7 Å². The van der Waals surface area contributed by atoms with Crippen molar-refractivity contribution in [3.8, 4) is 5.75 Å². The maximum absolute atomic E-state index is 13.3. The topological polar surface area (TPSA) is 77.3 Å². The number of phenols is 1. The zero-order valence-corrected chi connectivity index (χ0v) is 19.9. The second-order valence-electron chi connectivity index (χ2n) is 10.6. The molecule has 0 saturated heterocycles. The number of carbonyl (C=O) groups excluding carboxylic acids is 1. The fourth-order valence-electron chi connectivity index (χ4n) is 4.03. The number of amidine groups is 1. The van der Waals surface area contributed by atoms with Crippen LogP contribution in [0.4, 0.5) is 0 Å². The van der Waals surface area contributed by atoms with E-state index in [0.29, 0.717) is 23.6 Å². The third-order valence-electron chi connectivity index (χ3n) is 5.83. The highest BCUT2D eigenvalue weighted by Gasteiger charge is 2.30. The van der Waals surface area contributed by atoms with E-state index in [1.807, 2.05) is 65.8 Å². The van der Waals surface area contributed by atoms with Crippen molar-refractivity contribution >= 4 is 11.6 Å². The van der Waals surface area contributed by atoms with Gasteiger partial charge in [0.05, 0.1) is 6.54 Å². The fraction of sp³-hybridized carbons (Fsp3) is 0.500. The van der Waals surface area contributed by atoms with Gasteiger partial charge in [-0.05, 0) is 35.4 Å². The summed E-state index contributed by atoms with van der Waals surface area (Å²) in [6.45, 7) is 15.0. The van der Waals surface area contributed by atoms with E-state index in [4.69, 9.17) is 5.41 Å². The Morgan fingerprint density at radius 1 is 1.10 bits per heavy atom. The van der Waals surface area contributed by atoms with E-state index >= 15 is 0 Å². The quantitative estimate of drug-likeness (QED) is 0.637. The van der Waals surface area contributed by atoms with E-state index < -0.39 is 0 Å². The van der Waals surface area contributed by atoms with E-state index in [1.165, 1.54) is 0 Å². The first-order valence-electron chi connectivity index (χ1n) is 11.1. The Balaban J connectivity index is 1.91. The Hall–Kier alpha value is -2.69. The highest BCUT2D eigenvalue weighted by molar-refractivity contribution is 6.04. The Labute approximate surface area is 186 Å². The van der Waals surface area contributed by atoms with Crippen molar-refractivity contribution in [1.29, 1.82) is 5.41 Å². The van der Waals surface area contributed by atoms with Crippen LogP contribution in [-0.4, -0.2) is 33.2 Å². The third-order valence-corrected chi connectivity index (χ3v) is 5.83. The van der Waals surface area contributed by atoms with Gasteiger partial charge in [-0.2, -0.15) is 0 Å². The first kappa shape index (κ1) is 23.0. The predicted octanol–water partition coefficient (Wildman–Crippen LogP) is 5.36. The van der Waals surface area contributed by atoms with Crippen LogP contribution in [0.5, 0.6) is 5.75 Å². The Bertz CT molecular complexity index is 991. The Morgan fingerprint density at radius 2 is 1.68 bits per heavy atom. The monoisotopic (exact) mass is 421 g/mol. The number of hydrogen-bond acceptors (Lipinski definition) is 4. The van der Waals surface area contributed by atoms with Crippen molar-refractivity contribution in [1.82, 2.24) is 9.88 Å². The molecular weight excluding hydrogens is 386 g/mol. The zero-order valence-electron chi connectivity index (χ0n) is 19.9. The van der Waals surface area contributed by atoms with E-state index in [-0.39, 0.29) is 28.9 Å². The van der Waals surface area contributed by atoms with Crippen molar-refractivity contribution in [2.24, 2.45) is 0 Å². The lowest BCUT2D eigenvalue weighted by Gasteiger charge is -2.28. The first-order valence-corrected chi connectivity index (χ1v) is 11.1. The van der Waals surface area contributed by atoms with Gasteiger partial charge in [0.2, 0.25) is 0 Å². The van der Waals surface area contributed by atoms with Gasteiger partial charge in [-0.25, -0.2) is 4.98 Å². The summed E-state index contributed by atoms with van der Waals surface area (Å²) in [5.41, 5.74) is 4.21. The molecule has 0 bridgehead atoms. The summed E-state index contributed by atoms with van der Waals surface area (Å²) in [5.74, 6) is 0.528. The molecular formula is C26H35N3O2. The highest BCUT2D eigenvalue weighted by Crippen LogP contribution is 2.40. The molecule has 0 saturated carbocycles. The molecule has 5 heteroatoms. The van der Waals surface area contributed by atoms with Gasteiger partial charge in [0, 0.05) is 34.5 Å². The molecule has 0 spiro atoms. The van der Waals surface area contributed by atoms with Crippen LogP contribution in [0.15, 0.2) is 24.3 Å². The molecule has 0 aliphatic carbocycles. The number of rotatable bonds is 5. The van der Waals surface area contributed by atoms with Crippen LogP contribution in [-0.2, 0) is 23.8 Å². The lowest BCUT2D eigenvalue weighted by atomic mass is 9.78. The van der Waals surface area contributed by atoms with Gasteiger partial charge >= 0.3 is 0 Å². The van der Waals surface area contributed by atoms with Gasteiger partial charge in [-0.3, -0.25) is 10.2 Å². The summed E-state index contributed by atoms with van der Waals surface area (Å²) in [6.07, 6.45) is 1.90. The van der Waals surface area contributed by atoms with Gasteiger partial charge in [0.15, 0.2) is 5.78 Å². The molecule has 3 rings (SSSR count). The molecule has 1 aliphatic rings. The standard InChI is InChI=1S/C26H35N3O2/c1-8-9-18-11-10-16-14-29(24(27)22(16)28-18)15-21(30)17-12-19(25(2,3)4)23(31)20(13-17)26(5,6)7/h10-13,27,31H,8-9,14-15H2,1-7H3. The zero-order chi connectivity index (χ0) is 23.1. The number of nitrogens with zero attached hydrogens (tertiary/aromatic N) is 2. The number of aryl methyl sites for hydroxylation is 1.